The molecular formula is C12H17N3. The first-order valence-corrected chi connectivity index (χ1v) is 5.17. The molecule has 80 valence electrons. The molecule has 1 aromatic carbocycles. The van der Waals surface area contributed by atoms with Gasteiger partial charge in [-0.1, -0.05) is 13.8 Å². The number of nitrogens with zero attached hydrogens (tertiary/aromatic N) is 1. The van der Waals surface area contributed by atoms with Crippen LogP contribution >= 0.6 is 0 Å². The van der Waals surface area contributed by atoms with Crippen LogP contribution in [0.3, 0.4) is 0 Å². The molecule has 0 aliphatic carbocycles. The van der Waals surface area contributed by atoms with Crippen LogP contribution in [0.25, 0.3) is 0 Å². The highest BCUT2D eigenvalue weighted by molar-refractivity contribution is 5.68. The molecule has 3 nitrogen and oxygen atoms in total. The van der Waals surface area contributed by atoms with Crippen molar-refractivity contribution in [2.24, 2.45) is 5.92 Å². The van der Waals surface area contributed by atoms with Crippen molar-refractivity contribution < 1.29 is 0 Å². The first kappa shape index (κ1) is 11.4. The Hall–Kier alpha value is -1.69. The van der Waals surface area contributed by atoms with Crippen LogP contribution in [0.4, 0.5) is 11.4 Å². The lowest BCUT2D eigenvalue weighted by atomic mass is 10.1. The Morgan fingerprint density at radius 2 is 2.20 bits per heavy atom. The molecule has 0 saturated carbocycles. The zero-order valence-corrected chi connectivity index (χ0v) is 9.25. The lowest BCUT2D eigenvalue weighted by Crippen LogP contribution is -2.06. The normalized spacial score (nSPS) is 10.0. The third-order valence-corrected chi connectivity index (χ3v) is 2.22. The lowest BCUT2D eigenvalue weighted by molar-refractivity contribution is 0.607. The molecule has 0 heterocycles. The van der Waals surface area contributed by atoms with Gasteiger partial charge in [0, 0.05) is 6.54 Å². The Labute approximate surface area is 90.9 Å². The number of nitrogens with one attached hydrogen (secondary N) is 1. The zero-order valence-electron chi connectivity index (χ0n) is 9.25. The fourth-order valence-electron chi connectivity index (χ4n) is 1.27. The highest BCUT2D eigenvalue weighted by Crippen LogP contribution is 2.19. The fraction of sp³-hybridized carbons (Fsp3) is 0.417. The summed E-state index contributed by atoms with van der Waals surface area (Å²) in [6, 6.07) is 7.37. The summed E-state index contributed by atoms with van der Waals surface area (Å²) in [5.41, 5.74) is 7.97. The summed E-state index contributed by atoms with van der Waals surface area (Å²) in [7, 11) is 0. The van der Waals surface area contributed by atoms with Gasteiger partial charge in [0.25, 0.3) is 0 Å². The van der Waals surface area contributed by atoms with Gasteiger partial charge in [-0.05, 0) is 30.5 Å². The smallest absolute Gasteiger partial charge is 0.0992 e. The number of hydrogen-bond acceptors (Lipinski definition) is 3. The first-order chi connectivity index (χ1) is 7.13. The third kappa shape index (κ3) is 3.51. The van der Waals surface area contributed by atoms with Gasteiger partial charge in [0.15, 0.2) is 0 Å². The second kappa shape index (κ2) is 5.26. The van der Waals surface area contributed by atoms with Crippen molar-refractivity contribution >= 4 is 11.4 Å². The number of nitriles is 1. The molecule has 1 aromatic rings. The van der Waals surface area contributed by atoms with Crippen molar-refractivity contribution in [1.82, 2.24) is 0 Å². The molecule has 0 aromatic heterocycles. The summed E-state index contributed by atoms with van der Waals surface area (Å²) < 4.78 is 0. The van der Waals surface area contributed by atoms with Gasteiger partial charge < -0.3 is 11.1 Å². The minimum absolute atomic E-state index is 0.635. The van der Waals surface area contributed by atoms with E-state index in [0.717, 1.165) is 18.7 Å². The summed E-state index contributed by atoms with van der Waals surface area (Å²) in [6.45, 7) is 5.24. The molecule has 0 bridgehead atoms. The van der Waals surface area contributed by atoms with E-state index in [2.05, 4.69) is 25.2 Å². The Bertz CT molecular complexity index is 364. The lowest BCUT2D eigenvalue weighted by Gasteiger charge is -2.10. The average molecular weight is 203 g/mol. The van der Waals surface area contributed by atoms with Crippen molar-refractivity contribution in [2.45, 2.75) is 20.3 Å². The minimum Gasteiger partial charge on any atom is -0.397 e. The van der Waals surface area contributed by atoms with E-state index < -0.39 is 0 Å². The van der Waals surface area contributed by atoms with Gasteiger partial charge in [0.2, 0.25) is 0 Å². The standard InChI is InChI=1S/C12H17N3/c1-9(2)5-6-15-12-7-10(8-13)3-4-11(12)14/h3-4,7,9,15H,5-6,14H2,1-2H3. The van der Waals surface area contributed by atoms with Crippen LogP contribution in [0, 0.1) is 17.2 Å². The molecule has 15 heavy (non-hydrogen) atoms. The molecular weight excluding hydrogens is 186 g/mol. The number of anilines is 2. The van der Waals surface area contributed by atoms with Gasteiger partial charge in [0.1, 0.15) is 0 Å². The van der Waals surface area contributed by atoms with E-state index in [0.29, 0.717) is 17.2 Å². The summed E-state index contributed by atoms with van der Waals surface area (Å²) in [5.74, 6) is 0.665. The van der Waals surface area contributed by atoms with Crippen molar-refractivity contribution in [3.8, 4) is 6.07 Å². The molecule has 1 rings (SSSR count). The molecule has 0 aliphatic rings. The van der Waals surface area contributed by atoms with E-state index in [1.54, 1.807) is 18.2 Å². The third-order valence-electron chi connectivity index (χ3n) is 2.22. The van der Waals surface area contributed by atoms with Crippen LogP contribution in [-0.4, -0.2) is 6.54 Å². The molecule has 0 spiro atoms. The Morgan fingerprint density at radius 3 is 2.80 bits per heavy atom. The summed E-state index contributed by atoms with van der Waals surface area (Å²) in [5, 5.41) is 12.0. The largest absolute Gasteiger partial charge is 0.397 e. The average Bonchev–Trinajstić information content (AvgIpc) is 2.20. The van der Waals surface area contributed by atoms with Gasteiger partial charge in [-0.3, -0.25) is 0 Å². The molecule has 0 fully saturated rings. The van der Waals surface area contributed by atoms with Gasteiger partial charge in [0.05, 0.1) is 23.0 Å². The van der Waals surface area contributed by atoms with E-state index in [1.807, 2.05) is 0 Å². The first-order valence-electron chi connectivity index (χ1n) is 5.17. The Balaban J connectivity index is 2.64. The number of rotatable bonds is 4. The van der Waals surface area contributed by atoms with Crippen molar-refractivity contribution in [3.63, 3.8) is 0 Å². The summed E-state index contributed by atoms with van der Waals surface area (Å²) in [6.07, 6.45) is 1.09. The van der Waals surface area contributed by atoms with Crippen molar-refractivity contribution in [2.75, 3.05) is 17.6 Å². The zero-order chi connectivity index (χ0) is 11.3. The SMILES string of the molecule is CC(C)CCNc1cc(C#N)ccc1N. The summed E-state index contributed by atoms with van der Waals surface area (Å²) in [4.78, 5) is 0. The molecule has 0 aliphatic heterocycles. The van der Waals surface area contributed by atoms with Crippen molar-refractivity contribution in [3.05, 3.63) is 23.8 Å². The molecule has 0 atom stereocenters. The maximum absolute atomic E-state index is 8.75. The van der Waals surface area contributed by atoms with Crippen molar-refractivity contribution in [1.29, 1.82) is 5.26 Å². The maximum atomic E-state index is 8.75. The molecule has 0 unspecified atom stereocenters. The number of hydrogen-bond donors (Lipinski definition) is 2. The Morgan fingerprint density at radius 1 is 1.47 bits per heavy atom. The van der Waals surface area contributed by atoms with E-state index >= 15 is 0 Å². The number of benzene rings is 1. The van der Waals surface area contributed by atoms with Crippen LogP contribution < -0.4 is 11.1 Å². The van der Waals surface area contributed by atoms with Crippen LogP contribution in [-0.2, 0) is 0 Å². The second-order valence-electron chi connectivity index (χ2n) is 4.02. The number of nitrogens with two attached hydrogens (primary N) is 1. The molecule has 3 heteroatoms. The molecule has 0 saturated heterocycles. The number of nitrogen functional groups attached to an aromatic ring is 1. The van der Waals surface area contributed by atoms with Gasteiger partial charge in [-0.2, -0.15) is 5.26 Å². The van der Waals surface area contributed by atoms with E-state index in [1.165, 1.54) is 0 Å². The Kier molecular flexibility index (Phi) is 3.99. The minimum atomic E-state index is 0.635. The topological polar surface area (TPSA) is 61.8 Å². The van der Waals surface area contributed by atoms with Gasteiger partial charge >= 0.3 is 0 Å². The van der Waals surface area contributed by atoms with Crippen LogP contribution in [0.15, 0.2) is 18.2 Å². The molecule has 0 radical (unpaired) electrons. The second-order valence-corrected chi connectivity index (χ2v) is 4.02. The molecule has 3 N–H and O–H groups in total. The van der Waals surface area contributed by atoms with Crippen LogP contribution in [0.1, 0.15) is 25.8 Å². The van der Waals surface area contributed by atoms with Gasteiger partial charge in [-0.15, -0.1) is 0 Å². The predicted octanol–water partition coefficient (Wildman–Crippen LogP) is 2.60. The predicted molar refractivity (Wildman–Crippen MR) is 63.5 cm³/mol. The van der Waals surface area contributed by atoms with Gasteiger partial charge in [-0.25, -0.2) is 0 Å². The highest BCUT2D eigenvalue weighted by Gasteiger charge is 2.00. The molecule has 0 amide bonds. The monoisotopic (exact) mass is 203 g/mol. The van der Waals surface area contributed by atoms with Crippen LogP contribution in [0.2, 0.25) is 0 Å². The van der Waals surface area contributed by atoms with Crippen LogP contribution in [0.5, 0.6) is 0 Å². The fourth-order valence-corrected chi connectivity index (χ4v) is 1.27. The van der Waals surface area contributed by atoms with E-state index in [9.17, 15) is 0 Å². The quantitative estimate of drug-likeness (QED) is 0.739. The summed E-state index contributed by atoms with van der Waals surface area (Å²) >= 11 is 0. The van der Waals surface area contributed by atoms with E-state index in [4.69, 9.17) is 11.0 Å². The van der Waals surface area contributed by atoms with E-state index in [-0.39, 0.29) is 0 Å². The highest BCUT2D eigenvalue weighted by atomic mass is 14.9. The maximum Gasteiger partial charge on any atom is 0.0992 e.